The smallest absolute Gasteiger partial charge is 0.341 e. The number of aryl methyl sites for hydroxylation is 1. The van der Waals surface area contributed by atoms with Gasteiger partial charge in [-0.25, -0.2) is 9.18 Å². The van der Waals surface area contributed by atoms with Crippen molar-refractivity contribution in [2.24, 2.45) is 5.92 Å². The van der Waals surface area contributed by atoms with E-state index in [2.05, 4.69) is 35.0 Å². The number of hydrogen-bond donors (Lipinski definition) is 2. The predicted molar refractivity (Wildman–Crippen MR) is 144 cm³/mol. The van der Waals surface area contributed by atoms with Gasteiger partial charge in [0.05, 0.1) is 5.52 Å². The van der Waals surface area contributed by atoms with E-state index in [0.29, 0.717) is 24.8 Å². The molecule has 0 radical (unpaired) electrons. The van der Waals surface area contributed by atoms with E-state index in [0.717, 1.165) is 56.8 Å². The second-order valence-corrected chi connectivity index (χ2v) is 11.1. The highest BCUT2D eigenvalue weighted by Crippen LogP contribution is 2.39. The molecule has 2 N–H and O–H groups in total. The molecule has 0 bridgehead atoms. The number of H-pyrrole nitrogens is 1. The Morgan fingerprint density at radius 1 is 1.19 bits per heavy atom. The third-order valence-electron chi connectivity index (χ3n) is 7.49. The van der Waals surface area contributed by atoms with E-state index in [-0.39, 0.29) is 24.9 Å². The summed E-state index contributed by atoms with van der Waals surface area (Å²) in [6.07, 6.45) is 1.47. The number of carbonyl (C=O) groups is 1. The molecular weight excluding hydrogens is 516 g/mol. The summed E-state index contributed by atoms with van der Waals surface area (Å²) >= 11 is 13.1. The number of aromatic amines is 1. The van der Waals surface area contributed by atoms with E-state index in [1.807, 2.05) is 30.3 Å². The molecule has 1 unspecified atom stereocenters. The van der Waals surface area contributed by atoms with Crippen molar-refractivity contribution in [3.63, 3.8) is 0 Å². The molecule has 5 rings (SSSR count). The molecule has 0 saturated carbocycles. The highest BCUT2D eigenvalue weighted by Gasteiger charge is 2.42. The van der Waals surface area contributed by atoms with Gasteiger partial charge in [-0.2, -0.15) is 5.10 Å². The lowest BCUT2D eigenvalue weighted by Crippen LogP contribution is -2.46. The van der Waals surface area contributed by atoms with Gasteiger partial charge in [0.15, 0.2) is 0 Å². The zero-order valence-electron chi connectivity index (χ0n) is 20.9. The third-order valence-corrected chi connectivity index (χ3v) is 8.25. The normalized spacial score (nSPS) is 18.8. The second-order valence-electron chi connectivity index (χ2n) is 10.4. The van der Waals surface area contributed by atoms with Crippen LogP contribution in [0.4, 0.5) is 4.39 Å². The number of fused-ring (bicyclic) bond motifs is 2. The van der Waals surface area contributed by atoms with Crippen molar-refractivity contribution in [1.82, 2.24) is 15.1 Å². The van der Waals surface area contributed by atoms with Crippen molar-refractivity contribution in [3.05, 3.63) is 63.8 Å². The number of alkyl halides is 1. The summed E-state index contributed by atoms with van der Waals surface area (Å²) in [4.78, 5) is 13.3. The molecule has 2 aliphatic rings. The first kappa shape index (κ1) is 26.0. The number of aromatic nitrogens is 2. The number of aliphatic carboxylic acids is 1. The molecule has 1 aliphatic heterocycles. The van der Waals surface area contributed by atoms with Gasteiger partial charge in [0.1, 0.15) is 17.0 Å². The minimum Gasteiger partial charge on any atom is -0.485 e. The first-order valence-corrected chi connectivity index (χ1v) is 13.4. The summed E-state index contributed by atoms with van der Waals surface area (Å²) in [6, 6.07) is 12.0. The molecule has 2 aromatic carbocycles. The first-order chi connectivity index (χ1) is 17.6. The largest absolute Gasteiger partial charge is 0.485 e. The lowest BCUT2D eigenvalue weighted by atomic mass is 9.89. The number of hydrogen-bond acceptors (Lipinski definition) is 4. The Kier molecular flexibility index (Phi) is 7.22. The average Bonchev–Trinajstić information content (AvgIpc) is 3.25. The van der Waals surface area contributed by atoms with Crippen LogP contribution >= 0.6 is 23.2 Å². The van der Waals surface area contributed by atoms with Crippen LogP contribution < -0.4 is 4.74 Å². The molecule has 2 heterocycles. The van der Waals surface area contributed by atoms with Crippen LogP contribution in [0, 0.1) is 5.92 Å². The van der Waals surface area contributed by atoms with Gasteiger partial charge in [-0.05, 0) is 71.4 Å². The van der Waals surface area contributed by atoms with Gasteiger partial charge in [0.25, 0.3) is 0 Å². The van der Waals surface area contributed by atoms with Crippen LogP contribution in [0.15, 0.2) is 42.0 Å². The number of nitrogens with zero attached hydrogens (tertiary/aromatic N) is 2. The van der Waals surface area contributed by atoms with Crippen molar-refractivity contribution >= 4 is 45.1 Å². The van der Waals surface area contributed by atoms with E-state index in [1.165, 1.54) is 0 Å². The Morgan fingerprint density at radius 3 is 2.65 bits per heavy atom. The van der Waals surface area contributed by atoms with Crippen LogP contribution in [0.1, 0.15) is 55.9 Å². The van der Waals surface area contributed by atoms with Gasteiger partial charge in [-0.3, -0.25) is 10.00 Å². The van der Waals surface area contributed by atoms with Crippen LogP contribution in [0.3, 0.4) is 0 Å². The number of piperidine rings is 1. The maximum atomic E-state index is 14.4. The maximum absolute atomic E-state index is 14.4. The Hall–Kier alpha value is -2.61. The molecule has 1 fully saturated rings. The molecule has 9 heteroatoms. The first-order valence-electron chi connectivity index (χ1n) is 12.6. The van der Waals surface area contributed by atoms with Gasteiger partial charge in [-0.1, -0.05) is 43.1 Å². The van der Waals surface area contributed by atoms with Gasteiger partial charge in [0, 0.05) is 42.9 Å². The van der Waals surface area contributed by atoms with Crippen LogP contribution in [0.25, 0.3) is 15.9 Å². The van der Waals surface area contributed by atoms with Crippen LogP contribution in [0.2, 0.25) is 5.15 Å². The predicted octanol–water partition coefficient (Wildman–Crippen LogP) is 6.78. The minimum atomic E-state index is -2.12. The second kappa shape index (κ2) is 10.3. The van der Waals surface area contributed by atoms with Crippen LogP contribution in [-0.4, -0.2) is 51.5 Å². The number of nitrogens with one attached hydrogen (secondary N) is 1. The molecule has 1 aliphatic carbocycles. The standard InChI is InChI=1S/C28H30Cl2FN3O3/c1-16(2)25(18-5-8-23-22(14-18)26(30)33-32-23)37-20-6-7-21-17(13-20)3-4-19(24(21)29)15-34-11-9-28(31,10-12-34)27(35)36/h5-8,13-14,16,25H,3-4,9-12,15H2,1-2H3,(H,32,33)(H,35,36). The van der Waals surface area contributed by atoms with Crippen LogP contribution in [0.5, 0.6) is 5.75 Å². The highest BCUT2D eigenvalue weighted by molar-refractivity contribution is 6.49. The van der Waals surface area contributed by atoms with Crippen LogP contribution in [-0.2, 0) is 11.2 Å². The molecule has 196 valence electrons. The van der Waals surface area contributed by atoms with E-state index in [4.69, 9.17) is 33.0 Å². The summed E-state index contributed by atoms with van der Waals surface area (Å²) in [5, 5.41) is 18.3. The quantitative estimate of drug-likeness (QED) is 0.342. The summed E-state index contributed by atoms with van der Waals surface area (Å²) < 4.78 is 20.9. The van der Waals surface area contributed by atoms with E-state index in [1.54, 1.807) is 0 Å². The number of rotatable bonds is 7. The minimum absolute atomic E-state index is 0.00126. The molecule has 6 nitrogen and oxygen atoms in total. The molecule has 1 saturated heterocycles. The molecule has 0 amide bonds. The third kappa shape index (κ3) is 5.22. The number of benzene rings is 2. The number of carboxylic acid groups (broad SMARTS) is 1. The topological polar surface area (TPSA) is 78.4 Å². The maximum Gasteiger partial charge on any atom is 0.341 e. The molecule has 37 heavy (non-hydrogen) atoms. The fourth-order valence-corrected chi connectivity index (χ4v) is 5.79. The highest BCUT2D eigenvalue weighted by atomic mass is 35.5. The lowest BCUT2D eigenvalue weighted by Gasteiger charge is -2.35. The summed E-state index contributed by atoms with van der Waals surface area (Å²) in [5.74, 6) is -0.352. The van der Waals surface area contributed by atoms with Gasteiger partial charge in [0.2, 0.25) is 5.67 Å². The number of halogens is 3. The van der Waals surface area contributed by atoms with Gasteiger partial charge < -0.3 is 9.84 Å². The number of carboxylic acids is 1. The Balaban J connectivity index is 1.31. The number of likely N-dealkylation sites (tertiary alicyclic amines) is 1. The van der Waals surface area contributed by atoms with Crippen molar-refractivity contribution in [3.8, 4) is 5.75 Å². The Bertz CT molecular complexity index is 1360. The summed E-state index contributed by atoms with van der Waals surface area (Å²) in [7, 11) is 0. The van der Waals surface area contributed by atoms with E-state index >= 15 is 0 Å². The summed E-state index contributed by atoms with van der Waals surface area (Å²) in [6.45, 7) is 5.69. The monoisotopic (exact) mass is 545 g/mol. The lowest BCUT2D eigenvalue weighted by molar-refractivity contribution is -0.154. The molecule has 0 spiro atoms. The Morgan fingerprint density at radius 2 is 1.95 bits per heavy atom. The zero-order chi connectivity index (χ0) is 26.3. The molecular formula is C28H30Cl2FN3O3. The molecule has 1 aromatic heterocycles. The van der Waals surface area contributed by atoms with E-state index in [9.17, 15) is 9.18 Å². The fourth-order valence-electron chi connectivity index (χ4n) is 5.26. The Labute approximate surface area is 225 Å². The van der Waals surface area contributed by atoms with Crippen molar-refractivity contribution in [1.29, 1.82) is 0 Å². The van der Waals surface area contributed by atoms with Crippen molar-refractivity contribution in [2.75, 3.05) is 19.6 Å². The zero-order valence-corrected chi connectivity index (χ0v) is 22.4. The van der Waals surface area contributed by atoms with E-state index < -0.39 is 11.6 Å². The van der Waals surface area contributed by atoms with Crippen molar-refractivity contribution in [2.45, 2.75) is 51.3 Å². The number of ether oxygens (including phenoxy) is 1. The molecule has 1 atom stereocenters. The average molecular weight is 546 g/mol. The fraction of sp³-hybridized carbons (Fsp3) is 0.429. The molecule has 3 aromatic rings. The summed E-state index contributed by atoms with van der Waals surface area (Å²) in [5.41, 5.74) is 2.96. The SMILES string of the molecule is CC(C)C(Oc1ccc2c(c1)CCC(CN1CCC(F)(C(=O)O)CC1)=C2Cl)c1ccc2n[nH]c(Cl)c2c1. The van der Waals surface area contributed by atoms with Gasteiger partial charge in [-0.15, -0.1) is 0 Å². The van der Waals surface area contributed by atoms with Gasteiger partial charge >= 0.3 is 5.97 Å². The van der Waals surface area contributed by atoms with Crippen molar-refractivity contribution < 1.29 is 19.0 Å².